The van der Waals surface area contributed by atoms with Crippen LogP contribution in [0.2, 0.25) is 0 Å². The van der Waals surface area contributed by atoms with E-state index in [4.69, 9.17) is 9.47 Å². The van der Waals surface area contributed by atoms with Crippen molar-refractivity contribution in [2.45, 2.75) is 188 Å². The SMILES string of the molecule is CC(C)CCCCCCCCCCOC(=O)C1(C(=O)OCCCCCCCCCCC(C)C)CCCC2CCCCC21. The standard InChI is InChI=1S/C38H70O4/c1-32(2)24-17-13-9-5-7-11-15-21-30-41-36(39)38(29-23-27-34-26-19-20-28-35(34)38)37(40)42-31-22-16-12-8-6-10-14-18-25-33(3)4/h32-35H,5-31H2,1-4H3. The van der Waals surface area contributed by atoms with Crippen LogP contribution >= 0.6 is 0 Å². The quantitative estimate of drug-likeness (QED) is 0.0637. The van der Waals surface area contributed by atoms with Gasteiger partial charge in [-0.25, -0.2) is 0 Å². The number of esters is 2. The third-order valence-corrected chi connectivity index (χ3v) is 10.2. The van der Waals surface area contributed by atoms with E-state index in [1.165, 1.54) is 96.3 Å². The Labute approximate surface area is 261 Å². The minimum absolute atomic E-state index is 0.103. The zero-order valence-electron chi connectivity index (χ0n) is 28.5. The van der Waals surface area contributed by atoms with E-state index in [2.05, 4.69) is 27.7 Å². The van der Waals surface area contributed by atoms with Crippen LogP contribution in [-0.2, 0) is 19.1 Å². The Hall–Kier alpha value is -1.06. The Morgan fingerprint density at radius 1 is 0.548 bits per heavy atom. The van der Waals surface area contributed by atoms with E-state index in [0.29, 0.717) is 25.6 Å². The van der Waals surface area contributed by atoms with Gasteiger partial charge in [0.25, 0.3) is 0 Å². The highest BCUT2D eigenvalue weighted by atomic mass is 16.6. The van der Waals surface area contributed by atoms with Crippen LogP contribution in [0, 0.1) is 29.1 Å². The fourth-order valence-electron chi connectivity index (χ4n) is 7.64. The first-order valence-corrected chi connectivity index (χ1v) is 18.7. The number of ether oxygens (including phenoxy) is 2. The molecule has 2 aliphatic carbocycles. The largest absolute Gasteiger partial charge is 0.465 e. The van der Waals surface area contributed by atoms with E-state index < -0.39 is 5.41 Å². The maximum absolute atomic E-state index is 13.7. The predicted molar refractivity (Wildman–Crippen MR) is 176 cm³/mol. The monoisotopic (exact) mass is 591 g/mol. The van der Waals surface area contributed by atoms with Gasteiger partial charge in [-0.05, 0) is 49.4 Å². The van der Waals surface area contributed by atoms with Gasteiger partial charge in [-0.2, -0.15) is 0 Å². The van der Waals surface area contributed by atoms with E-state index in [-0.39, 0.29) is 17.9 Å². The summed E-state index contributed by atoms with van der Waals surface area (Å²) in [6, 6.07) is 0. The fraction of sp³-hybridized carbons (Fsp3) is 0.947. The normalized spacial score (nSPS) is 20.0. The van der Waals surface area contributed by atoms with Gasteiger partial charge in [-0.15, -0.1) is 0 Å². The van der Waals surface area contributed by atoms with Crippen LogP contribution in [0.25, 0.3) is 0 Å². The van der Waals surface area contributed by atoms with Crippen molar-refractivity contribution in [3.63, 3.8) is 0 Å². The Balaban J connectivity index is 1.70. The summed E-state index contributed by atoms with van der Waals surface area (Å²) in [6.45, 7) is 10.1. The van der Waals surface area contributed by atoms with Crippen molar-refractivity contribution >= 4 is 11.9 Å². The molecule has 0 radical (unpaired) electrons. The lowest BCUT2D eigenvalue weighted by Crippen LogP contribution is -2.53. The summed E-state index contributed by atoms with van der Waals surface area (Å²) in [5, 5.41) is 0. The third-order valence-electron chi connectivity index (χ3n) is 10.2. The molecule has 246 valence electrons. The van der Waals surface area contributed by atoms with E-state index in [0.717, 1.165) is 69.6 Å². The topological polar surface area (TPSA) is 52.6 Å². The predicted octanol–water partition coefficient (Wildman–Crippen LogP) is 11.4. The average molecular weight is 591 g/mol. The molecule has 0 aromatic heterocycles. The van der Waals surface area contributed by atoms with E-state index in [1.807, 2.05) is 0 Å². The third kappa shape index (κ3) is 14.1. The highest BCUT2D eigenvalue weighted by Gasteiger charge is 2.58. The Morgan fingerprint density at radius 3 is 1.38 bits per heavy atom. The molecular formula is C38H70O4. The highest BCUT2D eigenvalue weighted by Crippen LogP contribution is 2.52. The molecule has 0 aromatic rings. The molecule has 4 nitrogen and oxygen atoms in total. The number of rotatable bonds is 24. The minimum Gasteiger partial charge on any atom is -0.465 e. The lowest BCUT2D eigenvalue weighted by molar-refractivity contribution is -0.184. The van der Waals surface area contributed by atoms with Gasteiger partial charge in [-0.1, -0.05) is 163 Å². The molecule has 2 rings (SSSR count). The molecule has 2 saturated carbocycles. The molecule has 2 unspecified atom stereocenters. The molecule has 2 fully saturated rings. The van der Waals surface area contributed by atoms with Crippen molar-refractivity contribution < 1.29 is 19.1 Å². The average Bonchev–Trinajstić information content (AvgIpc) is 2.97. The molecule has 0 saturated heterocycles. The summed E-state index contributed by atoms with van der Waals surface area (Å²) >= 11 is 0. The molecule has 0 N–H and O–H groups in total. The van der Waals surface area contributed by atoms with Crippen molar-refractivity contribution in [3.05, 3.63) is 0 Å². The number of carbonyl (C=O) groups is 2. The summed E-state index contributed by atoms with van der Waals surface area (Å²) in [4.78, 5) is 27.4. The first-order chi connectivity index (χ1) is 20.4. The zero-order chi connectivity index (χ0) is 30.5. The van der Waals surface area contributed by atoms with E-state index >= 15 is 0 Å². The molecule has 0 heterocycles. The minimum atomic E-state index is -1.06. The summed E-state index contributed by atoms with van der Waals surface area (Å²) in [5.41, 5.74) is -1.06. The van der Waals surface area contributed by atoms with E-state index in [9.17, 15) is 9.59 Å². The number of hydrogen-bond donors (Lipinski definition) is 0. The summed E-state index contributed by atoms with van der Waals surface area (Å²) in [7, 11) is 0. The second-order valence-electron chi connectivity index (χ2n) is 14.8. The summed E-state index contributed by atoms with van der Waals surface area (Å²) in [5.74, 6) is 1.67. The fourth-order valence-corrected chi connectivity index (χ4v) is 7.64. The van der Waals surface area contributed by atoms with Crippen LogP contribution in [0.5, 0.6) is 0 Å². The van der Waals surface area contributed by atoms with E-state index in [1.54, 1.807) is 0 Å². The van der Waals surface area contributed by atoms with Crippen LogP contribution in [0.4, 0.5) is 0 Å². The summed E-state index contributed by atoms with van der Waals surface area (Å²) < 4.78 is 11.8. The number of fused-ring (bicyclic) bond motifs is 1. The van der Waals surface area contributed by atoms with Gasteiger partial charge in [0.15, 0.2) is 5.41 Å². The van der Waals surface area contributed by atoms with Crippen molar-refractivity contribution in [2.75, 3.05) is 13.2 Å². The van der Waals surface area contributed by atoms with Crippen molar-refractivity contribution in [1.29, 1.82) is 0 Å². The van der Waals surface area contributed by atoms with Gasteiger partial charge in [-0.3, -0.25) is 9.59 Å². The molecule has 4 heteroatoms. The maximum Gasteiger partial charge on any atom is 0.323 e. The highest BCUT2D eigenvalue weighted by molar-refractivity contribution is 6.00. The van der Waals surface area contributed by atoms with Gasteiger partial charge >= 0.3 is 11.9 Å². The van der Waals surface area contributed by atoms with Crippen LogP contribution in [0.1, 0.15) is 188 Å². The molecule has 0 bridgehead atoms. The smallest absolute Gasteiger partial charge is 0.323 e. The van der Waals surface area contributed by atoms with Gasteiger partial charge in [0.2, 0.25) is 0 Å². The molecule has 2 aliphatic rings. The van der Waals surface area contributed by atoms with Crippen molar-refractivity contribution in [3.8, 4) is 0 Å². The lowest BCUT2D eigenvalue weighted by Gasteiger charge is -2.46. The van der Waals surface area contributed by atoms with Gasteiger partial charge in [0.05, 0.1) is 13.2 Å². The Kier molecular flexibility index (Phi) is 19.8. The second kappa shape index (κ2) is 22.4. The second-order valence-corrected chi connectivity index (χ2v) is 14.8. The first-order valence-electron chi connectivity index (χ1n) is 18.7. The van der Waals surface area contributed by atoms with Crippen LogP contribution < -0.4 is 0 Å². The molecular weight excluding hydrogens is 520 g/mol. The van der Waals surface area contributed by atoms with Crippen molar-refractivity contribution in [2.24, 2.45) is 29.1 Å². The number of hydrogen-bond acceptors (Lipinski definition) is 4. The van der Waals surface area contributed by atoms with Crippen LogP contribution in [-0.4, -0.2) is 25.2 Å². The summed E-state index contributed by atoms with van der Waals surface area (Å²) in [6.07, 6.45) is 29.5. The van der Waals surface area contributed by atoms with Crippen LogP contribution in [0.3, 0.4) is 0 Å². The molecule has 0 aliphatic heterocycles. The Bertz CT molecular complexity index is 655. The Morgan fingerprint density at radius 2 is 0.929 bits per heavy atom. The van der Waals surface area contributed by atoms with Crippen LogP contribution in [0.15, 0.2) is 0 Å². The molecule has 42 heavy (non-hydrogen) atoms. The van der Waals surface area contributed by atoms with Gasteiger partial charge < -0.3 is 9.47 Å². The number of unbranched alkanes of at least 4 members (excludes halogenated alkanes) is 14. The molecule has 0 spiro atoms. The molecule has 2 atom stereocenters. The van der Waals surface area contributed by atoms with Gasteiger partial charge in [0.1, 0.15) is 0 Å². The molecule has 0 amide bonds. The van der Waals surface area contributed by atoms with Gasteiger partial charge in [0, 0.05) is 0 Å². The zero-order valence-corrected chi connectivity index (χ0v) is 28.5. The lowest BCUT2D eigenvalue weighted by atomic mass is 9.57. The number of carbonyl (C=O) groups excluding carboxylic acids is 2. The first kappa shape index (κ1) is 37.1. The van der Waals surface area contributed by atoms with Crippen molar-refractivity contribution in [1.82, 2.24) is 0 Å². The molecule has 0 aromatic carbocycles. The maximum atomic E-state index is 13.7.